The molecule has 2 heterocycles. The number of ether oxygens (including phenoxy) is 1. The lowest BCUT2D eigenvalue weighted by atomic mass is 9.92. The van der Waals surface area contributed by atoms with Crippen LogP contribution in [-0.4, -0.2) is 29.6 Å². The van der Waals surface area contributed by atoms with Gasteiger partial charge in [0.05, 0.1) is 0 Å². The average Bonchev–Trinajstić information content (AvgIpc) is 2.82. The molecule has 1 aliphatic heterocycles. The molecule has 0 unspecified atom stereocenters. The smallest absolute Gasteiger partial charge is 0.268 e. The lowest BCUT2D eigenvalue weighted by molar-refractivity contribution is 0.0421. The van der Waals surface area contributed by atoms with Gasteiger partial charge in [-0.1, -0.05) is 0 Å². The number of nitrogens with one attached hydrogen (secondary N) is 2. The summed E-state index contributed by atoms with van der Waals surface area (Å²) >= 11 is 0. The van der Waals surface area contributed by atoms with E-state index in [1.54, 1.807) is 0 Å². The van der Waals surface area contributed by atoms with Crippen molar-refractivity contribution < 1.29 is 9.53 Å². The summed E-state index contributed by atoms with van der Waals surface area (Å²) in [6, 6.07) is 7.40. The molecule has 0 saturated carbocycles. The first-order chi connectivity index (χ1) is 9.56. The van der Waals surface area contributed by atoms with Crippen LogP contribution in [0.3, 0.4) is 0 Å². The third-order valence-corrected chi connectivity index (χ3v) is 3.90. The number of rotatable bonds is 2. The fourth-order valence-corrected chi connectivity index (χ4v) is 2.56. The molecule has 3 rings (SSSR count). The Labute approximate surface area is 117 Å². The van der Waals surface area contributed by atoms with Gasteiger partial charge in [0.15, 0.2) is 0 Å². The molecule has 0 bridgehead atoms. The SMILES string of the molecule is CC1(NC(=O)c2cc3cc(N)ccc3[nH]2)CCOCC1. The van der Waals surface area contributed by atoms with Crippen molar-refractivity contribution in [3.05, 3.63) is 30.0 Å². The minimum Gasteiger partial charge on any atom is -0.399 e. The van der Waals surface area contributed by atoms with Gasteiger partial charge in [-0.2, -0.15) is 0 Å². The number of aromatic nitrogens is 1. The number of H-pyrrole nitrogens is 1. The minimum absolute atomic E-state index is 0.0795. The van der Waals surface area contributed by atoms with E-state index in [9.17, 15) is 4.79 Å². The second kappa shape index (κ2) is 4.83. The Balaban J connectivity index is 1.81. The molecule has 1 fully saturated rings. The first-order valence-corrected chi connectivity index (χ1v) is 6.84. The van der Waals surface area contributed by atoms with Crippen LogP contribution in [-0.2, 0) is 4.74 Å². The van der Waals surface area contributed by atoms with Crippen molar-refractivity contribution in [2.24, 2.45) is 0 Å². The minimum atomic E-state index is -0.189. The summed E-state index contributed by atoms with van der Waals surface area (Å²) in [5, 5.41) is 4.06. The maximum absolute atomic E-state index is 12.4. The van der Waals surface area contributed by atoms with E-state index >= 15 is 0 Å². The van der Waals surface area contributed by atoms with E-state index in [0.29, 0.717) is 24.6 Å². The number of anilines is 1. The summed E-state index contributed by atoms with van der Waals surface area (Å²) in [5.41, 5.74) is 7.74. The highest BCUT2D eigenvalue weighted by atomic mass is 16.5. The molecule has 1 amide bonds. The molecular weight excluding hydrogens is 254 g/mol. The summed E-state index contributed by atoms with van der Waals surface area (Å²) in [4.78, 5) is 15.5. The summed E-state index contributed by atoms with van der Waals surface area (Å²) in [7, 11) is 0. The van der Waals surface area contributed by atoms with Crippen molar-refractivity contribution in [2.75, 3.05) is 18.9 Å². The van der Waals surface area contributed by atoms with Gasteiger partial charge in [0.25, 0.3) is 5.91 Å². The zero-order valence-corrected chi connectivity index (χ0v) is 11.5. The number of aromatic amines is 1. The molecule has 1 aromatic carbocycles. The molecule has 106 valence electrons. The van der Waals surface area contributed by atoms with Gasteiger partial charge in [0.2, 0.25) is 0 Å². The van der Waals surface area contributed by atoms with Gasteiger partial charge in [-0.05, 0) is 44.0 Å². The van der Waals surface area contributed by atoms with Gasteiger partial charge in [-0.3, -0.25) is 4.79 Å². The summed E-state index contributed by atoms with van der Waals surface area (Å²) < 4.78 is 5.34. The number of nitrogens with two attached hydrogens (primary N) is 1. The molecule has 4 N–H and O–H groups in total. The number of fused-ring (bicyclic) bond motifs is 1. The summed E-state index contributed by atoms with van der Waals surface area (Å²) in [6.07, 6.45) is 1.68. The van der Waals surface area contributed by atoms with Gasteiger partial charge >= 0.3 is 0 Å². The molecule has 0 spiro atoms. The zero-order valence-electron chi connectivity index (χ0n) is 11.5. The molecule has 0 atom stereocenters. The lowest BCUT2D eigenvalue weighted by Gasteiger charge is -2.34. The number of hydrogen-bond donors (Lipinski definition) is 3. The predicted octanol–water partition coefficient (Wildman–Crippen LogP) is 2.05. The number of nitrogen functional groups attached to an aromatic ring is 1. The van der Waals surface area contributed by atoms with Crippen LogP contribution in [0.4, 0.5) is 5.69 Å². The van der Waals surface area contributed by atoms with E-state index in [-0.39, 0.29) is 11.4 Å². The maximum atomic E-state index is 12.4. The van der Waals surface area contributed by atoms with E-state index in [1.807, 2.05) is 24.3 Å². The van der Waals surface area contributed by atoms with Crippen LogP contribution in [0.1, 0.15) is 30.3 Å². The zero-order chi connectivity index (χ0) is 14.2. The molecule has 0 radical (unpaired) electrons. The largest absolute Gasteiger partial charge is 0.399 e. The van der Waals surface area contributed by atoms with Gasteiger partial charge in [0, 0.05) is 35.3 Å². The van der Waals surface area contributed by atoms with Crippen LogP contribution < -0.4 is 11.1 Å². The lowest BCUT2D eigenvalue weighted by Crippen LogP contribution is -2.49. The highest BCUT2D eigenvalue weighted by Crippen LogP contribution is 2.22. The average molecular weight is 273 g/mol. The fourth-order valence-electron chi connectivity index (χ4n) is 2.56. The first-order valence-electron chi connectivity index (χ1n) is 6.84. The van der Waals surface area contributed by atoms with Crippen molar-refractivity contribution in [1.29, 1.82) is 0 Å². The van der Waals surface area contributed by atoms with Crippen molar-refractivity contribution in [3.8, 4) is 0 Å². The van der Waals surface area contributed by atoms with Crippen molar-refractivity contribution in [1.82, 2.24) is 10.3 Å². The molecule has 1 saturated heterocycles. The maximum Gasteiger partial charge on any atom is 0.268 e. The topological polar surface area (TPSA) is 80.1 Å². The Bertz CT molecular complexity index is 642. The highest BCUT2D eigenvalue weighted by molar-refractivity contribution is 5.98. The summed E-state index contributed by atoms with van der Waals surface area (Å²) in [6.45, 7) is 3.45. The normalized spacial score (nSPS) is 18.1. The molecule has 20 heavy (non-hydrogen) atoms. The Morgan fingerprint density at radius 1 is 1.35 bits per heavy atom. The van der Waals surface area contributed by atoms with Crippen molar-refractivity contribution in [2.45, 2.75) is 25.3 Å². The number of carbonyl (C=O) groups excluding carboxylic acids is 1. The second-order valence-electron chi connectivity index (χ2n) is 5.66. The van der Waals surface area contributed by atoms with Crippen LogP contribution in [0.2, 0.25) is 0 Å². The molecule has 1 aliphatic rings. The van der Waals surface area contributed by atoms with Crippen LogP contribution in [0, 0.1) is 0 Å². The Hall–Kier alpha value is -2.01. The second-order valence-corrected chi connectivity index (χ2v) is 5.66. The van der Waals surface area contributed by atoms with E-state index in [1.165, 1.54) is 0 Å². The van der Waals surface area contributed by atoms with Gasteiger partial charge < -0.3 is 20.8 Å². The monoisotopic (exact) mass is 273 g/mol. The van der Waals surface area contributed by atoms with Crippen LogP contribution in [0.25, 0.3) is 10.9 Å². The van der Waals surface area contributed by atoms with Gasteiger partial charge in [-0.25, -0.2) is 0 Å². The third kappa shape index (κ3) is 2.49. The Morgan fingerprint density at radius 3 is 2.85 bits per heavy atom. The Kier molecular flexibility index (Phi) is 3.14. The van der Waals surface area contributed by atoms with E-state index in [2.05, 4.69) is 17.2 Å². The van der Waals surface area contributed by atoms with Crippen molar-refractivity contribution >= 4 is 22.5 Å². The molecule has 5 heteroatoms. The fraction of sp³-hybridized carbons (Fsp3) is 0.400. The van der Waals surface area contributed by atoms with E-state index < -0.39 is 0 Å². The van der Waals surface area contributed by atoms with Crippen LogP contribution in [0.5, 0.6) is 0 Å². The first kappa shape index (κ1) is 13.0. The molecule has 5 nitrogen and oxygen atoms in total. The van der Waals surface area contributed by atoms with E-state index in [4.69, 9.17) is 10.5 Å². The number of carbonyl (C=O) groups is 1. The van der Waals surface area contributed by atoms with Gasteiger partial charge in [-0.15, -0.1) is 0 Å². The Morgan fingerprint density at radius 2 is 2.10 bits per heavy atom. The number of amides is 1. The summed E-state index contributed by atoms with van der Waals surface area (Å²) in [5.74, 6) is -0.0795. The predicted molar refractivity (Wildman–Crippen MR) is 78.6 cm³/mol. The number of benzene rings is 1. The van der Waals surface area contributed by atoms with E-state index in [0.717, 1.165) is 23.7 Å². The molecular formula is C15H19N3O2. The van der Waals surface area contributed by atoms with Gasteiger partial charge in [0.1, 0.15) is 5.69 Å². The van der Waals surface area contributed by atoms with Crippen LogP contribution >= 0.6 is 0 Å². The van der Waals surface area contributed by atoms with Crippen molar-refractivity contribution in [3.63, 3.8) is 0 Å². The quantitative estimate of drug-likeness (QED) is 0.733. The highest BCUT2D eigenvalue weighted by Gasteiger charge is 2.29. The third-order valence-electron chi connectivity index (χ3n) is 3.90. The molecule has 2 aromatic rings. The van der Waals surface area contributed by atoms with Crippen LogP contribution in [0.15, 0.2) is 24.3 Å². The number of hydrogen-bond acceptors (Lipinski definition) is 3. The molecule has 1 aromatic heterocycles. The standard InChI is InChI=1S/C15H19N3O2/c1-15(4-6-20-7-5-15)18-14(19)13-9-10-8-11(16)2-3-12(10)17-13/h2-3,8-9,17H,4-7,16H2,1H3,(H,18,19). The molecule has 0 aliphatic carbocycles.